The maximum Gasteiger partial charge on any atom is 0.376 e. The van der Waals surface area contributed by atoms with E-state index in [0.29, 0.717) is 23.8 Å². The van der Waals surface area contributed by atoms with Crippen LogP contribution in [0, 0.1) is 6.92 Å². The van der Waals surface area contributed by atoms with E-state index in [9.17, 15) is 4.79 Å². The molecule has 0 saturated carbocycles. The summed E-state index contributed by atoms with van der Waals surface area (Å²) < 4.78 is 15.7. The predicted molar refractivity (Wildman–Crippen MR) is 78.6 cm³/mol. The monoisotopic (exact) mass is 289 g/mol. The summed E-state index contributed by atoms with van der Waals surface area (Å²) in [4.78, 5) is 16.2. The number of aromatic nitrogens is 1. The van der Waals surface area contributed by atoms with Crippen LogP contribution in [0.3, 0.4) is 0 Å². The summed E-state index contributed by atoms with van der Waals surface area (Å²) in [6, 6.07) is 5.72. The van der Waals surface area contributed by atoms with E-state index in [4.69, 9.17) is 13.9 Å². The molecule has 0 aliphatic heterocycles. The maximum absolute atomic E-state index is 11.8. The quantitative estimate of drug-likeness (QED) is 0.789. The number of rotatable bonds is 5. The molecule has 21 heavy (non-hydrogen) atoms. The highest BCUT2D eigenvalue weighted by Gasteiger charge is 2.22. The Labute approximate surface area is 123 Å². The van der Waals surface area contributed by atoms with Gasteiger partial charge in [-0.15, -0.1) is 0 Å². The third-order valence-electron chi connectivity index (χ3n) is 3.14. The van der Waals surface area contributed by atoms with Crippen LogP contribution >= 0.6 is 0 Å². The molecule has 0 bridgehead atoms. The summed E-state index contributed by atoms with van der Waals surface area (Å²) in [5.41, 5.74) is 2.40. The fraction of sp³-hybridized carbons (Fsp3) is 0.375. The molecule has 0 unspecified atom stereocenters. The Bertz CT molecular complexity index is 646. The lowest BCUT2D eigenvalue weighted by Crippen LogP contribution is -2.03. The lowest BCUT2D eigenvalue weighted by atomic mass is 10.1. The van der Waals surface area contributed by atoms with Crippen molar-refractivity contribution < 1.29 is 18.7 Å². The second-order valence-corrected chi connectivity index (χ2v) is 4.74. The average molecular weight is 289 g/mol. The zero-order chi connectivity index (χ0) is 15.4. The molecule has 5 nitrogen and oxygen atoms in total. The van der Waals surface area contributed by atoms with E-state index >= 15 is 0 Å². The highest BCUT2D eigenvalue weighted by molar-refractivity contribution is 5.88. The molecule has 1 aromatic heterocycles. The molecule has 0 aliphatic carbocycles. The van der Waals surface area contributed by atoms with Gasteiger partial charge in [-0.3, -0.25) is 0 Å². The molecule has 2 aromatic rings. The summed E-state index contributed by atoms with van der Waals surface area (Å²) in [5.74, 6) is 0.683. The van der Waals surface area contributed by atoms with Crippen LogP contribution in [0.1, 0.15) is 35.2 Å². The van der Waals surface area contributed by atoms with E-state index in [2.05, 4.69) is 4.98 Å². The molecule has 2 rings (SSSR count). The first-order valence-electron chi connectivity index (χ1n) is 6.83. The number of esters is 1. The number of benzene rings is 1. The number of hydrogen-bond donors (Lipinski definition) is 0. The molecule has 0 aliphatic rings. The molecule has 0 radical (unpaired) electrons. The third kappa shape index (κ3) is 3.07. The number of nitrogens with zero attached hydrogens (tertiary/aromatic N) is 1. The van der Waals surface area contributed by atoms with Gasteiger partial charge in [0.25, 0.3) is 0 Å². The number of aryl methyl sites for hydroxylation is 2. The summed E-state index contributed by atoms with van der Waals surface area (Å²) in [5, 5.41) is 0. The maximum atomic E-state index is 11.8. The number of methoxy groups -OCH3 is 2. The Morgan fingerprint density at radius 3 is 2.71 bits per heavy atom. The van der Waals surface area contributed by atoms with Crippen molar-refractivity contribution in [2.45, 2.75) is 26.7 Å². The van der Waals surface area contributed by atoms with E-state index in [0.717, 1.165) is 17.5 Å². The Hall–Kier alpha value is -2.30. The van der Waals surface area contributed by atoms with Crippen molar-refractivity contribution in [3.63, 3.8) is 0 Å². The number of hydrogen-bond acceptors (Lipinski definition) is 5. The van der Waals surface area contributed by atoms with Gasteiger partial charge in [0.1, 0.15) is 5.75 Å². The zero-order valence-electron chi connectivity index (χ0n) is 12.7. The smallest absolute Gasteiger partial charge is 0.376 e. The molecule has 1 heterocycles. The van der Waals surface area contributed by atoms with Crippen LogP contribution in [0.4, 0.5) is 0 Å². The van der Waals surface area contributed by atoms with Crippen LogP contribution < -0.4 is 4.74 Å². The van der Waals surface area contributed by atoms with E-state index in [1.54, 1.807) is 7.11 Å². The molecule has 0 N–H and O–H groups in total. The summed E-state index contributed by atoms with van der Waals surface area (Å²) in [6.45, 7) is 3.99. The van der Waals surface area contributed by atoms with Gasteiger partial charge in [-0.05, 0) is 25.5 Å². The van der Waals surface area contributed by atoms with Gasteiger partial charge in [-0.2, -0.15) is 0 Å². The minimum absolute atomic E-state index is 0.165. The van der Waals surface area contributed by atoms with E-state index < -0.39 is 5.97 Å². The first-order chi connectivity index (χ1) is 10.1. The second-order valence-electron chi connectivity index (χ2n) is 4.74. The van der Waals surface area contributed by atoms with Gasteiger partial charge in [0, 0.05) is 0 Å². The van der Waals surface area contributed by atoms with Crippen molar-refractivity contribution >= 4 is 5.97 Å². The summed E-state index contributed by atoms with van der Waals surface area (Å²) in [7, 11) is 2.92. The van der Waals surface area contributed by atoms with Crippen molar-refractivity contribution in [3.8, 4) is 17.2 Å². The number of carbonyl (C=O) groups is 1. The summed E-state index contributed by atoms with van der Waals surface area (Å²) in [6.07, 6.45) is 1.52. The molecule has 0 atom stereocenters. The van der Waals surface area contributed by atoms with Crippen LogP contribution in [0.25, 0.3) is 11.5 Å². The Balaban J connectivity index is 2.54. The van der Waals surface area contributed by atoms with E-state index in [-0.39, 0.29) is 5.76 Å². The molecule has 5 heteroatoms. The molecular formula is C16H19NO4. The van der Waals surface area contributed by atoms with Crippen LogP contribution in [0.5, 0.6) is 5.75 Å². The molecular weight excluding hydrogens is 270 g/mol. The van der Waals surface area contributed by atoms with E-state index in [1.165, 1.54) is 7.11 Å². The highest BCUT2D eigenvalue weighted by atomic mass is 16.5. The first-order valence-corrected chi connectivity index (χ1v) is 6.83. The van der Waals surface area contributed by atoms with Crippen LogP contribution in [0.15, 0.2) is 22.6 Å². The minimum Gasteiger partial charge on any atom is -0.496 e. The van der Waals surface area contributed by atoms with Crippen molar-refractivity contribution in [2.24, 2.45) is 0 Å². The molecule has 0 spiro atoms. The molecule has 0 saturated heterocycles. The largest absolute Gasteiger partial charge is 0.496 e. The Morgan fingerprint density at radius 2 is 2.10 bits per heavy atom. The van der Waals surface area contributed by atoms with Gasteiger partial charge in [-0.1, -0.05) is 25.0 Å². The minimum atomic E-state index is -0.510. The van der Waals surface area contributed by atoms with Crippen molar-refractivity contribution in [3.05, 3.63) is 35.2 Å². The van der Waals surface area contributed by atoms with Gasteiger partial charge >= 0.3 is 5.97 Å². The first kappa shape index (κ1) is 15.1. The predicted octanol–water partition coefficient (Wildman–Crippen LogP) is 3.40. The van der Waals surface area contributed by atoms with Gasteiger partial charge in [0.05, 0.1) is 25.5 Å². The van der Waals surface area contributed by atoms with Gasteiger partial charge in [-0.25, -0.2) is 9.78 Å². The van der Waals surface area contributed by atoms with Gasteiger partial charge < -0.3 is 13.9 Å². The third-order valence-corrected chi connectivity index (χ3v) is 3.14. The highest BCUT2D eigenvalue weighted by Crippen LogP contribution is 2.32. The average Bonchev–Trinajstić information content (AvgIpc) is 2.90. The number of oxazole rings is 1. The van der Waals surface area contributed by atoms with Crippen molar-refractivity contribution in [1.82, 2.24) is 4.98 Å². The summed E-state index contributed by atoms with van der Waals surface area (Å²) >= 11 is 0. The lowest BCUT2D eigenvalue weighted by molar-refractivity contribution is 0.0564. The lowest BCUT2D eigenvalue weighted by Gasteiger charge is -2.05. The van der Waals surface area contributed by atoms with Gasteiger partial charge in [0.15, 0.2) is 0 Å². The SMILES string of the molecule is CCCc1nc(-c2cc(C)ccc2OC)oc1C(=O)OC. The normalized spacial score (nSPS) is 10.5. The topological polar surface area (TPSA) is 61.6 Å². The number of ether oxygens (including phenoxy) is 2. The zero-order valence-corrected chi connectivity index (χ0v) is 12.7. The van der Waals surface area contributed by atoms with Crippen LogP contribution in [-0.2, 0) is 11.2 Å². The standard InChI is InChI=1S/C16H19NO4/c1-5-6-12-14(16(18)20-4)21-15(17-12)11-9-10(2)7-8-13(11)19-3/h7-9H,5-6H2,1-4H3. The Morgan fingerprint density at radius 1 is 1.33 bits per heavy atom. The molecule has 1 aromatic carbocycles. The molecule has 0 amide bonds. The van der Waals surface area contributed by atoms with Gasteiger partial charge in [0.2, 0.25) is 11.7 Å². The second kappa shape index (κ2) is 6.43. The number of carbonyl (C=O) groups excluding carboxylic acids is 1. The van der Waals surface area contributed by atoms with E-state index in [1.807, 2.05) is 32.0 Å². The fourth-order valence-corrected chi connectivity index (χ4v) is 2.11. The molecule has 0 fully saturated rings. The van der Waals surface area contributed by atoms with Crippen molar-refractivity contribution in [1.29, 1.82) is 0 Å². The molecule has 112 valence electrons. The Kier molecular flexibility index (Phi) is 4.62. The van der Waals surface area contributed by atoms with Crippen LogP contribution in [0.2, 0.25) is 0 Å². The van der Waals surface area contributed by atoms with Crippen molar-refractivity contribution in [2.75, 3.05) is 14.2 Å². The van der Waals surface area contributed by atoms with Crippen LogP contribution in [-0.4, -0.2) is 25.2 Å². The fourth-order valence-electron chi connectivity index (χ4n) is 2.11.